The van der Waals surface area contributed by atoms with Gasteiger partial charge in [-0.2, -0.15) is 0 Å². The zero-order valence-corrected chi connectivity index (χ0v) is 15.1. The highest BCUT2D eigenvalue weighted by Gasteiger charge is 2.26. The molecule has 0 aliphatic carbocycles. The van der Waals surface area contributed by atoms with E-state index in [9.17, 15) is 9.90 Å². The highest BCUT2D eigenvalue weighted by atomic mass is 16.3. The second-order valence-corrected chi connectivity index (χ2v) is 7.37. The molecule has 1 aromatic heterocycles. The van der Waals surface area contributed by atoms with Gasteiger partial charge >= 0.3 is 0 Å². The van der Waals surface area contributed by atoms with Crippen LogP contribution in [0.3, 0.4) is 0 Å². The molecule has 2 aliphatic heterocycles. The molecule has 0 spiro atoms. The molecule has 0 aromatic carbocycles. The van der Waals surface area contributed by atoms with Gasteiger partial charge in [-0.15, -0.1) is 10.2 Å². The van der Waals surface area contributed by atoms with Gasteiger partial charge in [0.05, 0.1) is 12.6 Å². The summed E-state index contributed by atoms with van der Waals surface area (Å²) in [6.07, 6.45) is 4.05. The minimum atomic E-state index is -0.231. The summed E-state index contributed by atoms with van der Waals surface area (Å²) in [5.41, 5.74) is 5.23. The number of carbonyl (C=O) groups excluding carboxylic acids is 1. The van der Waals surface area contributed by atoms with Crippen molar-refractivity contribution in [1.29, 1.82) is 0 Å². The predicted octanol–water partition coefficient (Wildman–Crippen LogP) is -0.173. The molecule has 1 amide bonds. The Kier molecular flexibility index (Phi) is 6.03. The molecule has 2 aliphatic rings. The number of rotatable bonds is 6. The fourth-order valence-corrected chi connectivity index (χ4v) is 3.83. The number of piperidine rings is 2. The number of aliphatic hydroxyl groups is 1. The van der Waals surface area contributed by atoms with E-state index >= 15 is 0 Å². The number of nitrogens with two attached hydrogens (primary N) is 1. The monoisotopic (exact) mass is 350 g/mol. The number of hydrogen-bond acceptors (Lipinski definition) is 6. The van der Waals surface area contributed by atoms with Gasteiger partial charge in [-0.25, -0.2) is 0 Å². The number of aromatic nitrogens is 3. The maximum atomic E-state index is 10.9. The van der Waals surface area contributed by atoms with Crippen molar-refractivity contribution in [3.63, 3.8) is 0 Å². The van der Waals surface area contributed by atoms with E-state index in [0.29, 0.717) is 12.3 Å². The van der Waals surface area contributed by atoms with E-state index < -0.39 is 0 Å². The summed E-state index contributed by atoms with van der Waals surface area (Å²) in [5, 5.41) is 18.5. The highest BCUT2D eigenvalue weighted by Crippen LogP contribution is 2.27. The smallest absolute Gasteiger partial charge is 0.218 e. The van der Waals surface area contributed by atoms with Gasteiger partial charge in [0.2, 0.25) is 5.91 Å². The second-order valence-electron chi connectivity index (χ2n) is 7.37. The molecule has 1 aromatic rings. The topological polar surface area (TPSA) is 101 Å². The van der Waals surface area contributed by atoms with Gasteiger partial charge in [0.25, 0.3) is 0 Å². The van der Waals surface area contributed by atoms with Gasteiger partial charge in [0.15, 0.2) is 0 Å². The average molecular weight is 350 g/mol. The lowest BCUT2D eigenvalue weighted by Gasteiger charge is -2.31. The van der Waals surface area contributed by atoms with Crippen LogP contribution in [0.2, 0.25) is 0 Å². The number of amides is 1. The van der Waals surface area contributed by atoms with E-state index in [-0.39, 0.29) is 12.0 Å². The van der Waals surface area contributed by atoms with Crippen LogP contribution in [0.15, 0.2) is 0 Å². The molecule has 0 saturated carbocycles. The minimum Gasteiger partial charge on any atom is -0.393 e. The fourth-order valence-electron chi connectivity index (χ4n) is 3.83. The summed E-state index contributed by atoms with van der Waals surface area (Å²) in [5.74, 6) is 2.27. The molecule has 2 fully saturated rings. The quantitative estimate of drug-likeness (QED) is 0.739. The van der Waals surface area contributed by atoms with Crippen molar-refractivity contribution < 1.29 is 9.90 Å². The maximum absolute atomic E-state index is 10.9. The summed E-state index contributed by atoms with van der Waals surface area (Å²) in [4.78, 5) is 15.6. The van der Waals surface area contributed by atoms with Crippen molar-refractivity contribution in [2.24, 2.45) is 12.8 Å². The first kappa shape index (κ1) is 18.3. The molecule has 140 valence electrons. The third-order valence-corrected chi connectivity index (χ3v) is 5.55. The lowest BCUT2D eigenvalue weighted by molar-refractivity contribution is -0.118. The molecule has 0 bridgehead atoms. The number of hydrogen-bond donors (Lipinski definition) is 2. The molecule has 3 N–H and O–H groups in total. The van der Waals surface area contributed by atoms with Gasteiger partial charge in [0.1, 0.15) is 11.6 Å². The first-order chi connectivity index (χ1) is 12.0. The SMILES string of the molecule is Cn1c(CN2CCC(O)CC2)nnc1C1CCN(CCC(N)=O)CC1. The molecule has 0 radical (unpaired) electrons. The van der Waals surface area contributed by atoms with Crippen LogP contribution in [0.4, 0.5) is 0 Å². The molecule has 0 atom stereocenters. The summed E-state index contributed by atoms with van der Waals surface area (Å²) in [6.45, 7) is 5.35. The molecule has 0 unspecified atom stereocenters. The molecule has 3 heterocycles. The van der Waals surface area contributed by atoms with Crippen molar-refractivity contribution in [3.05, 3.63) is 11.6 Å². The largest absolute Gasteiger partial charge is 0.393 e. The third kappa shape index (κ3) is 4.77. The van der Waals surface area contributed by atoms with E-state index in [0.717, 1.165) is 76.6 Å². The lowest BCUT2D eigenvalue weighted by atomic mass is 9.96. The summed E-state index contributed by atoms with van der Waals surface area (Å²) < 4.78 is 2.15. The molecule has 25 heavy (non-hydrogen) atoms. The van der Waals surface area contributed by atoms with E-state index in [1.165, 1.54) is 0 Å². The van der Waals surface area contributed by atoms with Crippen LogP contribution in [-0.2, 0) is 18.4 Å². The van der Waals surface area contributed by atoms with Crippen LogP contribution < -0.4 is 5.73 Å². The van der Waals surface area contributed by atoms with Crippen LogP contribution in [-0.4, -0.2) is 74.4 Å². The van der Waals surface area contributed by atoms with Crippen molar-refractivity contribution >= 4 is 5.91 Å². The van der Waals surface area contributed by atoms with Gasteiger partial charge in [-0.05, 0) is 38.8 Å². The Hall–Kier alpha value is -1.51. The number of aliphatic hydroxyl groups excluding tert-OH is 1. The van der Waals surface area contributed by atoms with Crippen LogP contribution in [0.25, 0.3) is 0 Å². The zero-order chi connectivity index (χ0) is 17.8. The Morgan fingerprint density at radius 1 is 1.12 bits per heavy atom. The molecule has 8 nitrogen and oxygen atoms in total. The van der Waals surface area contributed by atoms with Crippen molar-refractivity contribution in [2.45, 2.75) is 50.7 Å². The highest BCUT2D eigenvalue weighted by molar-refractivity contribution is 5.73. The standard InChI is InChI=1S/C17H30N6O2/c1-21-16(12-23-9-4-14(24)5-10-23)19-20-17(21)13-2-7-22(8-3-13)11-6-15(18)25/h13-14,24H,2-12H2,1H3,(H2,18,25). The molecular formula is C17H30N6O2. The average Bonchev–Trinajstić information content (AvgIpc) is 2.96. The van der Waals surface area contributed by atoms with Crippen molar-refractivity contribution in [3.8, 4) is 0 Å². The molecule has 8 heteroatoms. The molecular weight excluding hydrogens is 320 g/mol. The summed E-state index contributed by atoms with van der Waals surface area (Å²) in [6, 6.07) is 0. The van der Waals surface area contributed by atoms with E-state index in [2.05, 4.69) is 31.6 Å². The predicted molar refractivity (Wildman–Crippen MR) is 93.7 cm³/mol. The first-order valence-electron chi connectivity index (χ1n) is 9.32. The fraction of sp³-hybridized carbons (Fsp3) is 0.824. The van der Waals surface area contributed by atoms with Crippen LogP contribution in [0.1, 0.15) is 49.7 Å². The van der Waals surface area contributed by atoms with Crippen molar-refractivity contribution in [2.75, 3.05) is 32.7 Å². The number of primary amides is 1. The lowest BCUT2D eigenvalue weighted by Crippen LogP contribution is -2.36. The van der Waals surface area contributed by atoms with Crippen molar-refractivity contribution in [1.82, 2.24) is 24.6 Å². The number of carbonyl (C=O) groups is 1. The Labute approximate surface area is 149 Å². The van der Waals surface area contributed by atoms with Crippen LogP contribution in [0.5, 0.6) is 0 Å². The van der Waals surface area contributed by atoms with Gasteiger partial charge in [0, 0.05) is 39.0 Å². The number of nitrogens with zero attached hydrogens (tertiary/aromatic N) is 5. The molecule has 3 rings (SSSR count). The van der Waals surface area contributed by atoms with Crippen LogP contribution >= 0.6 is 0 Å². The Morgan fingerprint density at radius 2 is 1.76 bits per heavy atom. The summed E-state index contributed by atoms with van der Waals surface area (Å²) >= 11 is 0. The van der Waals surface area contributed by atoms with E-state index in [4.69, 9.17) is 5.73 Å². The summed E-state index contributed by atoms with van der Waals surface area (Å²) in [7, 11) is 2.06. The molecule has 2 saturated heterocycles. The Bertz CT molecular complexity index is 574. The Morgan fingerprint density at radius 3 is 2.40 bits per heavy atom. The van der Waals surface area contributed by atoms with E-state index in [1.807, 2.05) is 0 Å². The normalized spacial score (nSPS) is 21.7. The maximum Gasteiger partial charge on any atom is 0.218 e. The van der Waals surface area contributed by atoms with E-state index in [1.54, 1.807) is 0 Å². The Balaban J connectivity index is 1.52. The minimum absolute atomic E-state index is 0.147. The first-order valence-corrected chi connectivity index (χ1v) is 9.32. The van der Waals surface area contributed by atoms with Gasteiger partial charge in [-0.3, -0.25) is 9.69 Å². The van der Waals surface area contributed by atoms with Gasteiger partial charge < -0.3 is 20.3 Å². The second kappa shape index (κ2) is 8.25. The van der Waals surface area contributed by atoms with Crippen LogP contribution in [0, 0.1) is 0 Å². The third-order valence-electron chi connectivity index (χ3n) is 5.55. The van der Waals surface area contributed by atoms with Gasteiger partial charge in [-0.1, -0.05) is 0 Å². The number of likely N-dealkylation sites (tertiary alicyclic amines) is 2. The zero-order valence-electron chi connectivity index (χ0n) is 15.1.